The average Bonchev–Trinajstić information content (AvgIpc) is 2.82. The molecule has 0 spiro atoms. The minimum atomic E-state index is -4.63. The van der Waals surface area contributed by atoms with E-state index in [2.05, 4.69) is 20.5 Å². The lowest BCUT2D eigenvalue weighted by Gasteiger charge is -2.09. The number of hydrogen-bond acceptors (Lipinski definition) is 8. The summed E-state index contributed by atoms with van der Waals surface area (Å²) >= 11 is -2.65. The fourth-order valence-corrected chi connectivity index (χ4v) is 4.30. The molecule has 3 N–H and O–H groups in total. The minimum Gasteiger partial charge on any atom is -0.506 e. The highest BCUT2D eigenvalue weighted by molar-refractivity contribution is 7.86. The van der Waals surface area contributed by atoms with Crippen molar-refractivity contribution in [1.82, 2.24) is 0 Å². The number of phenols is 1. The van der Waals surface area contributed by atoms with E-state index in [1.807, 2.05) is 30.3 Å². The maximum absolute atomic E-state index is 11.9. The lowest BCUT2D eigenvalue weighted by atomic mass is 10.1. The van der Waals surface area contributed by atoms with Crippen molar-refractivity contribution in [2.45, 2.75) is 9.79 Å². The van der Waals surface area contributed by atoms with Crippen molar-refractivity contribution in [2.24, 2.45) is 20.5 Å². The van der Waals surface area contributed by atoms with E-state index in [9.17, 15) is 26.8 Å². The Morgan fingerprint density at radius 2 is 1.29 bits per heavy atom. The van der Waals surface area contributed by atoms with E-state index in [4.69, 9.17) is 0 Å². The minimum absolute atomic E-state index is 0.0188. The van der Waals surface area contributed by atoms with Gasteiger partial charge in [0.1, 0.15) is 11.4 Å². The molecule has 0 heterocycles. The smallest absolute Gasteiger partial charge is 0.294 e. The summed E-state index contributed by atoms with van der Waals surface area (Å²) in [7, 11) is -4.63. The molecule has 0 amide bonds. The van der Waals surface area contributed by atoms with Crippen LogP contribution in [0.2, 0.25) is 0 Å². The van der Waals surface area contributed by atoms with E-state index in [1.165, 1.54) is 12.1 Å². The third-order valence-corrected chi connectivity index (χ3v) is 6.17. The molecule has 0 fully saturated rings. The Balaban J connectivity index is 1.70. The molecule has 0 saturated carbocycles. The van der Waals surface area contributed by atoms with Gasteiger partial charge in [0.25, 0.3) is 10.1 Å². The third kappa shape index (κ3) is 5.21. The van der Waals surface area contributed by atoms with Crippen molar-refractivity contribution in [3.05, 3.63) is 78.9 Å². The second kappa shape index (κ2) is 9.57. The fourth-order valence-electron chi connectivity index (χ4n) is 3.06. The molecule has 172 valence electrons. The number of aromatic hydroxyl groups is 1. The first-order valence-electron chi connectivity index (χ1n) is 9.59. The van der Waals surface area contributed by atoms with E-state index in [1.54, 1.807) is 24.3 Å². The maximum atomic E-state index is 11.9. The quantitative estimate of drug-likeness (QED) is 0.163. The van der Waals surface area contributed by atoms with Crippen molar-refractivity contribution in [2.75, 3.05) is 0 Å². The summed E-state index contributed by atoms with van der Waals surface area (Å²) in [4.78, 5) is -0.919. The van der Waals surface area contributed by atoms with E-state index in [0.29, 0.717) is 17.1 Å². The second-order valence-corrected chi connectivity index (χ2v) is 9.29. The number of benzene rings is 4. The van der Waals surface area contributed by atoms with Crippen LogP contribution < -0.4 is 0 Å². The first-order chi connectivity index (χ1) is 16.2. The molecule has 4 aromatic rings. The van der Waals surface area contributed by atoms with Crippen LogP contribution in [0.1, 0.15) is 0 Å². The summed E-state index contributed by atoms with van der Waals surface area (Å²) in [5.41, 5.74) is 1.54. The number of rotatable bonds is 6. The van der Waals surface area contributed by atoms with Crippen LogP contribution in [0.15, 0.2) is 109 Å². The summed E-state index contributed by atoms with van der Waals surface area (Å²) in [6.45, 7) is 0. The monoisotopic (exact) mass is 496 g/mol. The SMILES string of the molecule is O=S(O)c1cc(S(=O)(=O)O)cc2ccc(O)c(N=Nc3ccc(N=Nc4ccccc4)cc3)c12. The van der Waals surface area contributed by atoms with Crippen molar-refractivity contribution in [1.29, 1.82) is 0 Å². The summed E-state index contributed by atoms with van der Waals surface area (Å²) in [6, 6.07) is 20.3. The maximum Gasteiger partial charge on any atom is 0.294 e. The Bertz CT molecular complexity index is 1550. The molecule has 0 aliphatic rings. The normalized spacial score (nSPS) is 13.1. The molecule has 4 aromatic carbocycles. The molecule has 0 aliphatic carbocycles. The summed E-state index contributed by atoms with van der Waals surface area (Å²) in [5, 5.41) is 26.8. The Hall–Kier alpha value is -3.84. The van der Waals surface area contributed by atoms with Gasteiger partial charge >= 0.3 is 0 Å². The van der Waals surface area contributed by atoms with Crippen LogP contribution in [-0.2, 0) is 21.2 Å². The largest absolute Gasteiger partial charge is 0.506 e. The van der Waals surface area contributed by atoms with Crippen LogP contribution in [0, 0.1) is 0 Å². The highest BCUT2D eigenvalue weighted by atomic mass is 32.2. The van der Waals surface area contributed by atoms with Gasteiger partial charge in [-0.3, -0.25) is 4.55 Å². The molecule has 0 radical (unpaired) electrons. The van der Waals surface area contributed by atoms with Gasteiger partial charge in [-0.05, 0) is 60.0 Å². The van der Waals surface area contributed by atoms with E-state index in [-0.39, 0.29) is 27.1 Å². The van der Waals surface area contributed by atoms with Gasteiger partial charge in [0, 0.05) is 5.39 Å². The van der Waals surface area contributed by atoms with E-state index >= 15 is 0 Å². The van der Waals surface area contributed by atoms with Gasteiger partial charge in [0.05, 0.1) is 26.9 Å². The van der Waals surface area contributed by atoms with E-state index < -0.39 is 26.1 Å². The molecule has 0 bridgehead atoms. The number of hydrogen-bond donors (Lipinski definition) is 3. The van der Waals surface area contributed by atoms with Gasteiger partial charge in [-0.15, -0.1) is 5.11 Å². The van der Waals surface area contributed by atoms with Crippen LogP contribution in [0.4, 0.5) is 22.7 Å². The lowest BCUT2D eigenvalue weighted by Crippen LogP contribution is -2.01. The molecular formula is C22H16N4O6S2. The van der Waals surface area contributed by atoms with Crippen LogP contribution in [-0.4, -0.2) is 26.8 Å². The van der Waals surface area contributed by atoms with E-state index in [0.717, 1.165) is 12.1 Å². The molecule has 12 heteroatoms. The Morgan fingerprint density at radius 3 is 1.85 bits per heavy atom. The molecular weight excluding hydrogens is 480 g/mol. The van der Waals surface area contributed by atoms with Crippen LogP contribution in [0.5, 0.6) is 5.75 Å². The molecule has 0 saturated heterocycles. The van der Waals surface area contributed by atoms with Gasteiger partial charge in [0.2, 0.25) is 0 Å². The molecule has 4 rings (SSSR count). The summed E-state index contributed by atoms with van der Waals surface area (Å²) < 4.78 is 54.0. The van der Waals surface area contributed by atoms with Gasteiger partial charge in [-0.2, -0.15) is 23.8 Å². The van der Waals surface area contributed by atoms with Crippen molar-refractivity contribution < 1.29 is 26.8 Å². The van der Waals surface area contributed by atoms with Crippen molar-refractivity contribution in [3.8, 4) is 5.75 Å². The third-order valence-electron chi connectivity index (χ3n) is 4.64. The van der Waals surface area contributed by atoms with Crippen molar-refractivity contribution >= 4 is 54.7 Å². The van der Waals surface area contributed by atoms with Crippen LogP contribution in [0.3, 0.4) is 0 Å². The summed E-state index contributed by atoms with van der Waals surface area (Å²) in [5.74, 6) is -0.337. The zero-order chi connectivity index (χ0) is 24.3. The molecule has 1 atom stereocenters. The Kier molecular flexibility index (Phi) is 6.56. The molecule has 0 aliphatic heterocycles. The van der Waals surface area contributed by atoms with Gasteiger partial charge in [-0.25, -0.2) is 4.21 Å². The number of azo groups is 2. The number of phenolic OH excluding ortho intramolecular Hbond substituents is 1. The Labute approximate surface area is 196 Å². The predicted octanol–water partition coefficient (Wildman–Crippen LogP) is 6.20. The van der Waals surface area contributed by atoms with Gasteiger partial charge in [-0.1, -0.05) is 24.3 Å². The zero-order valence-corrected chi connectivity index (χ0v) is 18.8. The Morgan fingerprint density at radius 1 is 0.735 bits per heavy atom. The molecule has 0 aromatic heterocycles. The second-order valence-electron chi connectivity index (χ2n) is 6.93. The van der Waals surface area contributed by atoms with Crippen LogP contribution >= 0.6 is 0 Å². The van der Waals surface area contributed by atoms with Crippen molar-refractivity contribution in [3.63, 3.8) is 0 Å². The molecule has 34 heavy (non-hydrogen) atoms. The molecule has 10 nitrogen and oxygen atoms in total. The predicted molar refractivity (Wildman–Crippen MR) is 126 cm³/mol. The number of fused-ring (bicyclic) bond motifs is 1. The zero-order valence-electron chi connectivity index (χ0n) is 17.2. The fraction of sp³-hybridized carbons (Fsp3) is 0. The standard InChI is InChI=1S/C22H16N4O6S2/c27-19-11-6-14-12-18(34(30,31)32)13-20(33(28)29)21(14)22(19)26-25-17-9-7-16(8-10-17)24-23-15-4-2-1-3-5-15/h1-13,27H,(H,28,29)(H,30,31,32). The summed E-state index contributed by atoms with van der Waals surface area (Å²) in [6.07, 6.45) is 0. The molecule has 1 unspecified atom stereocenters. The topological polar surface area (TPSA) is 161 Å². The lowest BCUT2D eigenvalue weighted by molar-refractivity contribution is 0.477. The van der Waals surface area contributed by atoms with Gasteiger partial charge in [0.15, 0.2) is 11.1 Å². The number of nitrogens with zero attached hydrogens (tertiary/aromatic N) is 4. The first-order valence-corrected chi connectivity index (χ1v) is 12.1. The van der Waals surface area contributed by atoms with Gasteiger partial charge < -0.3 is 9.66 Å². The van der Waals surface area contributed by atoms with Crippen LogP contribution in [0.25, 0.3) is 10.8 Å². The highest BCUT2D eigenvalue weighted by Crippen LogP contribution is 2.40. The average molecular weight is 497 g/mol. The highest BCUT2D eigenvalue weighted by Gasteiger charge is 2.20. The first kappa shape index (κ1) is 23.3.